The number of fused-ring (bicyclic) bond motifs is 1. The quantitative estimate of drug-likeness (QED) is 0.490. The Balaban J connectivity index is 2.08. The Labute approximate surface area is 193 Å². The summed E-state index contributed by atoms with van der Waals surface area (Å²) in [5.41, 5.74) is 9.71. The highest BCUT2D eigenvalue weighted by atomic mass is 16.5. The first-order chi connectivity index (χ1) is 15.8. The number of primary amides is 1. The van der Waals surface area contributed by atoms with Crippen LogP contribution in [0.4, 0.5) is 11.4 Å². The molecule has 0 bridgehead atoms. The minimum Gasteiger partial charge on any atom is -0.493 e. The van der Waals surface area contributed by atoms with Gasteiger partial charge >= 0.3 is 0 Å². The van der Waals surface area contributed by atoms with E-state index in [0.29, 0.717) is 35.7 Å². The SMILES string of the molecule is CCc1ccccc1Nc1c(CC(N)=O)cnc2cc(OC)c(OCCN(C)C(C)=O)cc12. The standard InChI is InChI=1S/C25H30N4O4/c1-5-17-8-6-7-9-20(17)28-25-18(12-24(26)31)15-27-21-14-22(32-4)23(13-19(21)25)33-11-10-29(3)16(2)30/h6-9,13-15H,5,10-12H2,1-4H3,(H2,26,31)(H,27,28). The van der Waals surface area contributed by atoms with Crippen molar-refractivity contribution in [3.63, 3.8) is 0 Å². The number of hydrogen-bond acceptors (Lipinski definition) is 6. The van der Waals surface area contributed by atoms with Crippen molar-refractivity contribution in [2.24, 2.45) is 5.73 Å². The van der Waals surface area contributed by atoms with Gasteiger partial charge in [0.15, 0.2) is 11.5 Å². The summed E-state index contributed by atoms with van der Waals surface area (Å²) in [5, 5.41) is 4.27. The summed E-state index contributed by atoms with van der Waals surface area (Å²) in [7, 11) is 3.28. The van der Waals surface area contributed by atoms with Crippen LogP contribution in [0.25, 0.3) is 10.9 Å². The number of carbonyl (C=O) groups excluding carboxylic acids is 2. The Hall–Kier alpha value is -3.81. The second-order valence-electron chi connectivity index (χ2n) is 7.75. The maximum absolute atomic E-state index is 11.7. The number of nitrogens with one attached hydrogen (secondary N) is 1. The van der Waals surface area contributed by atoms with E-state index in [1.54, 1.807) is 31.3 Å². The first-order valence-corrected chi connectivity index (χ1v) is 10.8. The van der Waals surface area contributed by atoms with Crippen LogP contribution in [-0.2, 0) is 22.4 Å². The lowest BCUT2D eigenvalue weighted by atomic mass is 10.0. The van der Waals surface area contributed by atoms with Gasteiger partial charge in [-0.3, -0.25) is 14.6 Å². The summed E-state index contributed by atoms with van der Waals surface area (Å²) in [6.07, 6.45) is 2.56. The van der Waals surface area contributed by atoms with Gasteiger partial charge in [-0.25, -0.2) is 0 Å². The van der Waals surface area contributed by atoms with Gasteiger partial charge < -0.3 is 25.4 Å². The van der Waals surface area contributed by atoms with Crippen LogP contribution in [-0.4, -0.2) is 49.0 Å². The van der Waals surface area contributed by atoms with Crippen LogP contribution < -0.4 is 20.5 Å². The molecule has 0 aliphatic carbocycles. The van der Waals surface area contributed by atoms with E-state index in [9.17, 15) is 9.59 Å². The van der Waals surface area contributed by atoms with Crippen molar-refractivity contribution in [1.82, 2.24) is 9.88 Å². The first-order valence-electron chi connectivity index (χ1n) is 10.8. The van der Waals surface area contributed by atoms with E-state index in [2.05, 4.69) is 23.3 Å². The number of para-hydroxylation sites is 1. The molecule has 0 unspecified atom stereocenters. The average molecular weight is 451 g/mol. The fourth-order valence-corrected chi connectivity index (χ4v) is 3.52. The van der Waals surface area contributed by atoms with Gasteiger partial charge in [0, 0.05) is 42.9 Å². The number of ether oxygens (including phenoxy) is 2. The molecule has 3 N–H and O–H groups in total. The van der Waals surface area contributed by atoms with Crippen molar-refractivity contribution >= 4 is 34.1 Å². The van der Waals surface area contributed by atoms with Gasteiger partial charge in [0.2, 0.25) is 11.8 Å². The molecule has 33 heavy (non-hydrogen) atoms. The van der Waals surface area contributed by atoms with Gasteiger partial charge in [-0.2, -0.15) is 0 Å². The number of anilines is 2. The molecule has 0 atom stereocenters. The van der Waals surface area contributed by atoms with E-state index >= 15 is 0 Å². The maximum atomic E-state index is 11.7. The number of pyridine rings is 1. The maximum Gasteiger partial charge on any atom is 0.221 e. The number of nitrogens with two attached hydrogens (primary N) is 1. The number of benzene rings is 2. The minimum absolute atomic E-state index is 0.0366. The van der Waals surface area contributed by atoms with Gasteiger partial charge in [0.1, 0.15) is 6.61 Å². The number of rotatable bonds is 10. The van der Waals surface area contributed by atoms with E-state index in [4.69, 9.17) is 15.2 Å². The van der Waals surface area contributed by atoms with Crippen LogP contribution in [0.2, 0.25) is 0 Å². The van der Waals surface area contributed by atoms with E-state index in [1.165, 1.54) is 6.92 Å². The van der Waals surface area contributed by atoms with E-state index in [1.807, 2.05) is 24.3 Å². The molecule has 0 saturated heterocycles. The zero-order chi connectivity index (χ0) is 24.0. The fraction of sp³-hybridized carbons (Fsp3) is 0.320. The Morgan fingerprint density at radius 1 is 1.15 bits per heavy atom. The number of carbonyl (C=O) groups is 2. The number of amides is 2. The molecule has 8 heteroatoms. The molecule has 2 amide bonds. The molecule has 0 aliphatic rings. The van der Waals surface area contributed by atoms with Crippen LogP contribution >= 0.6 is 0 Å². The summed E-state index contributed by atoms with van der Waals surface area (Å²) >= 11 is 0. The number of aryl methyl sites for hydroxylation is 1. The molecule has 0 radical (unpaired) electrons. The molecule has 3 aromatic rings. The third-order valence-corrected chi connectivity index (χ3v) is 5.48. The Morgan fingerprint density at radius 3 is 2.58 bits per heavy atom. The van der Waals surface area contributed by atoms with Crippen molar-refractivity contribution in [2.75, 3.05) is 32.6 Å². The summed E-state index contributed by atoms with van der Waals surface area (Å²) in [5.74, 6) is 0.570. The lowest BCUT2D eigenvalue weighted by molar-refractivity contribution is -0.127. The summed E-state index contributed by atoms with van der Waals surface area (Å²) in [6, 6.07) is 11.6. The van der Waals surface area contributed by atoms with Gasteiger partial charge in [0.25, 0.3) is 0 Å². The fourth-order valence-electron chi connectivity index (χ4n) is 3.52. The van der Waals surface area contributed by atoms with Crippen LogP contribution in [0.5, 0.6) is 11.5 Å². The Kier molecular flexibility index (Phi) is 7.71. The van der Waals surface area contributed by atoms with Gasteiger partial charge in [-0.05, 0) is 24.1 Å². The first kappa shape index (κ1) is 23.8. The summed E-state index contributed by atoms with van der Waals surface area (Å²) < 4.78 is 11.5. The number of likely N-dealkylation sites (N-methyl/N-ethyl adjacent to an activating group) is 1. The minimum atomic E-state index is -0.444. The smallest absolute Gasteiger partial charge is 0.221 e. The average Bonchev–Trinajstić information content (AvgIpc) is 2.80. The highest BCUT2D eigenvalue weighted by Crippen LogP contribution is 2.38. The predicted molar refractivity (Wildman–Crippen MR) is 129 cm³/mol. The summed E-state index contributed by atoms with van der Waals surface area (Å²) in [4.78, 5) is 29.3. The molecular weight excluding hydrogens is 420 g/mol. The van der Waals surface area contributed by atoms with Crippen molar-refractivity contribution < 1.29 is 19.1 Å². The molecule has 0 saturated carbocycles. The number of methoxy groups -OCH3 is 1. The molecule has 0 spiro atoms. The van der Waals surface area contributed by atoms with Crippen LogP contribution in [0.1, 0.15) is 25.0 Å². The molecule has 0 fully saturated rings. The molecule has 8 nitrogen and oxygen atoms in total. The largest absolute Gasteiger partial charge is 0.493 e. The zero-order valence-electron chi connectivity index (χ0n) is 19.5. The normalized spacial score (nSPS) is 10.7. The lowest BCUT2D eigenvalue weighted by Gasteiger charge is -2.19. The van der Waals surface area contributed by atoms with Crippen LogP contribution in [0.3, 0.4) is 0 Å². The van der Waals surface area contributed by atoms with Gasteiger partial charge in [0.05, 0.1) is 31.3 Å². The van der Waals surface area contributed by atoms with Crippen molar-refractivity contribution in [3.05, 3.63) is 53.7 Å². The molecule has 3 rings (SSSR count). The van der Waals surface area contributed by atoms with Crippen molar-refractivity contribution in [3.8, 4) is 11.5 Å². The highest BCUT2D eigenvalue weighted by molar-refractivity contribution is 5.98. The topological polar surface area (TPSA) is 107 Å². The number of nitrogens with zero attached hydrogens (tertiary/aromatic N) is 2. The Bertz CT molecular complexity index is 1160. The molecule has 1 aromatic heterocycles. The van der Waals surface area contributed by atoms with Crippen LogP contribution in [0, 0.1) is 0 Å². The molecule has 1 heterocycles. The van der Waals surface area contributed by atoms with Crippen LogP contribution in [0.15, 0.2) is 42.6 Å². The highest BCUT2D eigenvalue weighted by Gasteiger charge is 2.17. The Morgan fingerprint density at radius 2 is 1.91 bits per heavy atom. The second-order valence-corrected chi connectivity index (χ2v) is 7.75. The van der Waals surface area contributed by atoms with Gasteiger partial charge in [-0.1, -0.05) is 25.1 Å². The molecular formula is C25H30N4O4. The van der Waals surface area contributed by atoms with Crippen molar-refractivity contribution in [1.29, 1.82) is 0 Å². The third-order valence-electron chi connectivity index (χ3n) is 5.48. The van der Waals surface area contributed by atoms with E-state index < -0.39 is 5.91 Å². The monoisotopic (exact) mass is 450 g/mol. The molecule has 0 aliphatic heterocycles. The summed E-state index contributed by atoms with van der Waals surface area (Å²) in [6.45, 7) is 4.33. The van der Waals surface area contributed by atoms with Crippen molar-refractivity contribution in [2.45, 2.75) is 26.7 Å². The zero-order valence-corrected chi connectivity index (χ0v) is 19.5. The molecule has 174 valence electrons. The lowest BCUT2D eigenvalue weighted by Crippen LogP contribution is -2.28. The molecule has 2 aromatic carbocycles. The number of aromatic nitrogens is 1. The third kappa shape index (κ3) is 5.71. The van der Waals surface area contributed by atoms with E-state index in [0.717, 1.165) is 28.7 Å². The number of hydrogen-bond donors (Lipinski definition) is 2. The second kappa shape index (κ2) is 10.7. The van der Waals surface area contributed by atoms with Gasteiger partial charge in [-0.15, -0.1) is 0 Å². The predicted octanol–water partition coefficient (Wildman–Crippen LogP) is 3.43. The van der Waals surface area contributed by atoms with E-state index in [-0.39, 0.29) is 12.3 Å².